The number of hydrogen-bond acceptors (Lipinski definition) is 3. The molecule has 0 saturated heterocycles. The lowest BCUT2D eigenvalue weighted by atomic mass is 10.2. The van der Waals surface area contributed by atoms with Gasteiger partial charge in [0.2, 0.25) is 5.91 Å². The number of rotatable bonds is 6. The quantitative estimate of drug-likeness (QED) is 0.845. The third-order valence-corrected chi connectivity index (χ3v) is 4.06. The molecule has 1 aromatic rings. The predicted molar refractivity (Wildman–Crippen MR) is 77.9 cm³/mol. The van der Waals surface area contributed by atoms with Crippen molar-refractivity contribution < 1.29 is 14.7 Å². The van der Waals surface area contributed by atoms with Crippen LogP contribution in [-0.2, 0) is 15.3 Å². The molecule has 4 nitrogen and oxygen atoms in total. The van der Waals surface area contributed by atoms with E-state index in [1.54, 1.807) is 12.1 Å². The lowest BCUT2D eigenvalue weighted by molar-refractivity contribution is -0.140. The van der Waals surface area contributed by atoms with Crippen molar-refractivity contribution in [1.82, 2.24) is 5.32 Å². The highest BCUT2D eigenvalue weighted by atomic mass is 35.5. The van der Waals surface area contributed by atoms with Crippen molar-refractivity contribution >= 4 is 46.8 Å². The summed E-state index contributed by atoms with van der Waals surface area (Å²) in [5.74, 6) is -0.519. The van der Waals surface area contributed by atoms with Gasteiger partial charge in [-0.25, -0.2) is 4.79 Å². The van der Waals surface area contributed by atoms with Crippen LogP contribution in [0.5, 0.6) is 0 Å². The normalized spacial score (nSPS) is 11.9. The lowest BCUT2D eigenvalue weighted by Crippen LogP contribution is -2.41. The van der Waals surface area contributed by atoms with Crippen LogP contribution in [-0.4, -0.2) is 28.8 Å². The van der Waals surface area contributed by atoms with Crippen molar-refractivity contribution in [3.63, 3.8) is 0 Å². The van der Waals surface area contributed by atoms with E-state index in [1.165, 1.54) is 18.7 Å². The molecule has 0 aromatic heterocycles. The topological polar surface area (TPSA) is 66.4 Å². The molecule has 0 radical (unpaired) electrons. The van der Waals surface area contributed by atoms with Gasteiger partial charge in [0.15, 0.2) is 0 Å². The number of carbonyl (C=O) groups excluding carboxylic acids is 1. The number of carbonyl (C=O) groups is 2. The summed E-state index contributed by atoms with van der Waals surface area (Å²) in [5.41, 5.74) is 0.950. The highest BCUT2D eigenvalue weighted by Gasteiger charge is 2.17. The van der Waals surface area contributed by atoms with Crippen molar-refractivity contribution in [3.05, 3.63) is 33.8 Å². The third kappa shape index (κ3) is 5.72. The highest BCUT2D eigenvalue weighted by molar-refractivity contribution is 7.98. The summed E-state index contributed by atoms with van der Waals surface area (Å²) in [4.78, 5) is 21.8. The average Bonchev–Trinajstić information content (AvgIpc) is 2.31. The number of amides is 1. The Bertz CT molecular complexity index is 482. The van der Waals surface area contributed by atoms with Gasteiger partial charge in [0.05, 0.1) is 10.0 Å². The second-order valence-electron chi connectivity index (χ2n) is 3.85. The predicted octanol–water partition coefficient (Wildman–Crippen LogP) is 2.82. The maximum absolute atomic E-state index is 10.9. The number of thioether (sulfide) groups is 1. The number of benzene rings is 1. The summed E-state index contributed by atoms with van der Waals surface area (Å²) in [7, 11) is 0. The summed E-state index contributed by atoms with van der Waals surface area (Å²) in [5, 5.41) is 12.3. The lowest BCUT2D eigenvalue weighted by Gasteiger charge is -2.12. The van der Waals surface area contributed by atoms with Crippen LogP contribution in [0.1, 0.15) is 12.5 Å². The summed E-state index contributed by atoms with van der Waals surface area (Å²) >= 11 is 13.1. The Balaban J connectivity index is 2.49. The van der Waals surface area contributed by atoms with E-state index < -0.39 is 12.0 Å². The molecular weight excluding hydrogens is 309 g/mol. The molecule has 1 rings (SSSR count). The van der Waals surface area contributed by atoms with E-state index in [4.69, 9.17) is 28.3 Å². The molecule has 2 N–H and O–H groups in total. The number of halogens is 2. The molecule has 0 aliphatic rings. The smallest absolute Gasteiger partial charge is 0.327 e. The van der Waals surface area contributed by atoms with Crippen molar-refractivity contribution in [3.8, 4) is 0 Å². The highest BCUT2D eigenvalue weighted by Crippen LogP contribution is 2.24. The van der Waals surface area contributed by atoms with Crippen LogP contribution < -0.4 is 5.32 Å². The van der Waals surface area contributed by atoms with E-state index >= 15 is 0 Å². The van der Waals surface area contributed by atoms with Gasteiger partial charge in [-0.2, -0.15) is 11.8 Å². The van der Waals surface area contributed by atoms with Gasteiger partial charge in [-0.1, -0.05) is 29.3 Å². The Labute approximate surface area is 125 Å². The number of aliphatic carboxylic acids is 1. The molecule has 1 aromatic carbocycles. The molecule has 0 bridgehead atoms. The minimum atomic E-state index is -1.04. The molecule has 0 fully saturated rings. The Morgan fingerprint density at radius 1 is 1.37 bits per heavy atom. The van der Waals surface area contributed by atoms with Crippen molar-refractivity contribution in [2.45, 2.75) is 18.7 Å². The summed E-state index contributed by atoms with van der Waals surface area (Å²) in [6.07, 6.45) is 0. The Kier molecular flexibility index (Phi) is 6.48. The molecule has 0 aliphatic heterocycles. The van der Waals surface area contributed by atoms with E-state index in [0.29, 0.717) is 15.8 Å². The van der Waals surface area contributed by atoms with E-state index in [9.17, 15) is 9.59 Å². The molecule has 0 spiro atoms. The zero-order chi connectivity index (χ0) is 14.4. The molecule has 1 atom stereocenters. The molecule has 0 saturated carbocycles. The van der Waals surface area contributed by atoms with Gasteiger partial charge in [-0.15, -0.1) is 0 Å². The van der Waals surface area contributed by atoms with Crippen molar-refractivity contribution in [2.24, 2.45) is 0 Å². The van der Waals surface area contributed by atoms with Crippen LogP contribution in [0.3, 0.4) is 0 Å². The van der Waals surface area contributed by atoms with E-state index in [2.05, 4.69) is 5.32 Å². The summed E-state index contributed by atoms with van der Waals surface area (Å²) in [6.45, 7) is 1.29. The fourth-order valence-corrected chi connectivity index (χ4v) is 2.66. The second kappa shape index (κ2) is 7.62. The van der Waals surface area contributed by atoms with E-state index in [1.807, 2.05) is 6.07 Å². The van der Waals surface area contributed by atoms with Crippen LogP contribution in [0.4, 0.5) is 0 Å². The third-order valence-electron chi connectivity index (χ3n) is 2.21. The number of carboxylic acids is 1. The fourth-order valence-electron chi connectivity index (χ4n) is 1.34. The fraction of sp³-hybridized carbons (Fsp3) is 0.333. The molecule has 0 aliphatic carbocycles. The van der Waals surface area contributed by atoms with Crippen molar-refractivity contribution in [1.29, 1.82) is 0 Å². The van der Waals surface area contributed by atoms with E-state index in [0.717, 1.165) is 5.56 Å². The van der Waals surface area contributed by atoms with Crippen LogP contribution in [0.15, 0.2) is 18.2 Å². The number of hydrogen-bond donors (Lipinski definition) is 2. The van der Waals surface area contributed by atoms with Gasteiger partial charge < -0.3 is 10.4 Å². The van der Waals surface area contributed by atoms with Gasteiger partial charge in [0, 0.05) is 18.4 Å². The zero-order valence-corrected chi connectivity index (χ0v) is 12.5. The molecule has 104 valence electrons. The first-order chi connectivity index (χ1) is 8.90. The Hall–Kier alpha value is -0.910. The molecule has 7 heteroatoms. The van der Waals surface area contributed by atoms with Gasteiger partial charge in [-0.05, 0) is 17.7 Å². The standard InChI is InChI=1S/C12H13Cl2NO3S/c1-7(16)15-11(12(17)18)6-19-5-8-2-3-9(13)10(14)4-8/h2-4,11H,5-6H2,1H3,(H,15,16)(H,17,18). The SMILES string of the molecule is CC(=O)NC(CSCc1ccc(Cl)c(Cl)c1)C(=O)O. The Morgan fingerprint density at radius 3 is 2.58 bits per heavy atom. The molecule has 1 amide bonds. The van der Waals surface area contributed by atoms with Crippen LogP contribution in [0.25, 0.3) is 0 Å². The van der Waals surface area contributed by atoms with Gasteiger partial charge in [-0.3, -0.25) is 4.79 Å². The van der Waals surface area contributed by atoms with Crippen LogP contribution >= 0.6 is 35.0 Å². The summed E-state index contributed by atoms with van der Waals surface area (Å²) < 4.78 is 0. The van der Waals surface area contributed by atoms with Gasteiger partial charge in [0.1, 0.15) is 6.04 Å². The molecule has 19 heavy (non-hydrogen) atoms. The van der Waals surface area contributed by atoms with Gasteiger partial charge >= 0.3 is 5.97 Å². The summed E-state index contributed by atoms with van der Waals surface area (Å²) in [6, 6.07) is 4.38. The second-order valence-corrected chi connectivity index (χ2v) is 5.70. The monoisotopic (exact) mass is 321 g/mol. The van der Waals surface area contributed by atoms with Crippen LogP contribution in [0, 0.1) is 0 Å². The molecular formula is C12H13Cl2NO3S. The zero-order valence-electron chi connectivity index (χ0n) is 10.2. The Morgan fingerprint density at radius 2 is 2.05 bits per heavy atom. The minimum Gasteiger partial charge on any atom is -0.480 e. The molecule has 0 heterocycles. The average molecular weight is 322 g/mol. The minimum absolute atomic E-state index is 0.287. The first-order valence-electron chi connectivity index (χ1n) is 5.41. The first-order valence-corrected chi connectivity index (χ1v) is 7.32. The molecule has 1 unspecified atom stereocenters. The van der Waals surface area contributed by atoms with E-state index in [-0.39, 0.29) is 11.7 Å². The number of nitrogens with one attached hydrogen (secondary N) is 1. The first kappa shape index (κ1) is 16.1. The van der Waals surface area contributed by atoms with Crippen molar-refractivity contribution in [2.75, 3.05) is 5.75 Å². The van der Waals surface area contributed by atoms with Gasteiger partial charge in [0.25, 0.3) is 0 Å². The van der Waals surface area contributed by atoms with Crippen LogP contribution in [0.2, 0.25) is 10.0 Å². The largest absolute Gasteiger partial charge is 0.480 e. The number of carboxylic acid groups (broad SMARTS) is 1. The maximum atomic E-state index is 10.9. The maximum Gasteiger partial charge on any atom is 0.327 e.